The molecule has 17 heavy (non-hydrogen) atoms. The second-order valence-corrected chi connectivity index (χ2v) is 4.26. The lowest BCUT2D eigenvalue weighted by Gasteiger charge is -2.21. The molecule has 0 radical (unpaired) electrons. The minimum atomic E-state index is 0.0164. The Morgan fingerprint density at radius 1 is 1.47 bits per heavy atom. The van der Waals surface area contributed by atoms with Crippen molar-refractivity contribution in [3.8, 4) is 0 Å². The molecule has 1 heterocycles. The molecule has 92 valence electrons. The topological polar surface area (TPSA) is 53.2 Å². The van der Waals surface area contributed by atoms with E-state index in [-0.39, 0.29) is 5.91 Å². The summed E-state index contributed by atoms with van der Waals surface area (Å²) in [5.74, 6) is 0.0164. The molecule has 4 nitrogen and oxygen atoms in total. The highest BCUT2D eigenvalue weighted by molar-refractivity contribution is 5.77. The maximum atomic E-state index is 11.1. The fourth-order valence-corrected chi connectivity index (χ4v) is 2.13. The molecule has 1 aromatic carbocycles. The van der Waals surface area contributed by atoms with Crippen LogP contribution >= 0.6 is 0 Å². The van der Waals surface area contributed by atoms with Crippen LogP contribution < -0.4 is 16.0 Å². The first kappa shape index (κ1) is 11.9. The van der Waals surface area contributed by atoms with Crippen molar-refractivity contribution in [2.75, 3.05) is 25.5 Å². The minimum Gasteiger partial charge on any atom is -0.385 e. The Morgan fingerprint density at radius 3 is 3.18 bits per heavy atom. The largest absolute Gasteiger partial charge is 0.385 e. The van der Waals surface area contributed by atoms with Crippen LogP contribution in [0.5, 0.6) is 0 Å². The maximum absolute atomic E-state index is 11.1. The molecule has 3 N–H and O–H groups in total. The summed E-state index contributed by atoms with van der Waals surface area (Å²) in [6.45, 7) is 2.13. The van der Waals surface area contributed by atoms with Gasteiger partial charge in [0.25, 0.3) is 0 Å². The predicted molar refractivity (Wildman–Crippen MR) is 69.0 cm³/mol. The first-order valence-corrected chi connectivity index (χ1v) is 6.07. The number of anilines is 1. The number of likely N-dealkylation sites (N-methyl/N-ethyl adjacent to an activating group) is 1. The Balaban J connectivity index is 1.98. The number of aryl methyl sites for hydroxylation is 1. The van der Waals surface area contributed by atoms with Crippen molar-refractivity contribution in [2.45, 2.75) is 19.4 Å². The molecule has 0 bridgehead atoms. The van der Waals surface area contributed by atoms with Crippen LogP contribution in [0, 0.1) is 0 Å². The number of fused-ring (bicyclic) bond motifs is 1. The van der Waals surface area contributed by atoms with Crippen molar-refractivity contribution in [1.29, 1.82) is 0 Å². The number of nitrogens with one attached hydrogen (secondary N) is 3. The molecule has 0 saturated carbocycles. The molecule has 1 amide bonds. The van der Waals surface area contributed by atoms with Crippen LogP contribution in [0.2, 0.25) is 0 Å². The molecule has 4 heteroatoms. The average Bonchev–Trinajstić information content (AvgIpc) is 2.39. The number of benzene rings is 1. The van der Waals surface area contributed by atoms with Gasteiger partial charge in [-0.25, -0.2) is 0 Å². The second kappa shape index (κ2) is 5.68. The minimum absolute atomic E-state index is 0.0164. The molecule has 0 aliphatic carbocycles. The van der Waals surface area contributed by atoms with Crippen LogP contribution in [0.25, 0.3) is 0 Å². The van der Waals surface area contributed by atoms with Gasteiger partial charge in [0.1, 0.15) is 0 Å². The van der Waals surface area contributed by atoms with Crippen molar-refractivity contribution in [3.05, 3.63) is 29.3 Å². The number of carbonyl (C=O) groups is 1. The molecule has 0 atom stereocenters. The molecule has 0 aromatic heterocycles. The zero-order valence-electron chi connectivity index (χ0n) is 10.2. The lowest BCUT2D eigenvalue weighted by Crippen LogP contribution is -2.31. The quantitative estimate of drug-likeness (QED) is 0.723. The number of carbonyl (C=O) groups excluding carboxylic acids is 1. The van der Waals surface area contributed by atoms with Crippen molar-refractivity contribution in [1.82, 2.24) is 10.6 Å². The Morgan fingerprint density at radius 2 is 2.35 bits per heavy atom. The van der Waals surface area contributed by atoms with E-state index in [1.54, 1.807) is 7.05 Å². The van der Waals surface area contributed by atoms with Gasteiger partial charge in [-0.2, -0.15) is 0 Å². The van der Waals surface area contributed by atoms with Gasteiger partial charge in [0.2, 0.25) is 5.91 Å². The molecule has 0 unspecified atom stereocenters. The van der Waals surface area contributed by atoms with Gasteiger partial charge < -0.3 is 16.0 Å². The molecule has 1 aliphatic heterocycles. The monoisotopic (exact) mass is 233 g/mol. The Hall–Kier alpha value is -1.55. The smallest absolute Gasteiger partial charge is 0.233 e. The third-order valence-electron chi connectivity index (χ3n) is 3.04. The standard InChI is InChI=1S/C13H19N3O/c1-14-12(17)9-15-8-11-5-2-4-10-6-3-7-16-13(10)11/h2,4-5,15-16H,3,6-9H2,1H3,(H,14,17). The van der Waals surface area contributed by atoms with E-state index in [1.165, 1.54) is 23.2 Å². The highest BCUT2D eigenvalue weighted by Crippen LogP contribution is 2.25. The summed E-state index contributed by atoms with van der Waals surface area (Å²) in [6.07, 6.45) is 2.34. The Kier molecular flexibility index (Phi) is 3.98. The van der Waals surface area contributed by atoms with Gasteiger partial charge in [-0.05, 0) is 24.0 Å². The summed E-state index contributed by atoms with van der Waals surface area (Å²) in [6, 6.07) is 6.36. The van der Waals surface area contributed by atoms with Crippen molar-refractivity contribution < 1.29 is 4.79 Å². The van der Waals surface area contributed by atoms with Gasteiger partial charge in [-0.1, -0.05) is 18.2 Å². The average molecular weight is 233 g/mol. The van der Waals surface area contributed by atoms with E-state index >= 15 is 0 Å². The van der Waals surface area contributed by atoms with Crippen molar-refractivity contribution in [3.63, 3.8) is 0 Å². The van der Waals surface area contributed by atoms with E-state index in [1.807, 2.05) is 0 Å². The van der Waals surface area contributed by atoms with Gasteiger partial charge in [0.05, 0.1) is 6.54 Å². The van der Waals surface area contributed by atoms with E-state index in [0.29, 0.717) is 6.54 Å². The summed E-state index contributed by atoms with van der Waals surface area (Å²) in [7, 11) is 1.65. The van der Waals surface area contributed by atoms with Gasteiger partial charge >= 0.3 is 0 Å². The summed E-state index contributed by atoms with van der Waals surface area (Å²) in [5, 5.41) is 9.19. The molecule has 2 rings (SSSR count). The molecule has 1 aromatic rings. The summed E-state index contributed by atoms with van der Waals surface area (Å²) in [5.41, 5.74) is 3.88. The predicted octanol–water partition coefficient (Wildman–Crippen LogP) is 0.880. The molecular formula is C13H19N3O. The van der Waals surface area contributed by atoms with Crippen LogP contribution in [-0.4, -0.2) is 26.0 Å². The van der Waals surface area contributed by atoms with E-state index < -0.39 is 0 Å². The van der Waals surface area contributed by atoms with Gasteiger partial charge in [-0.15, -0.1) is 0 Å². The van der Waals surface area contributed by atoms with Crippen LogP contribution in [0.1, 0.15) is 17.5 Å². The zero-order valence-corrected chi connectivity index (χ0v) is 10.2. The van der Waals surface area contributed by atoms with E-state index in [9.17, 15) is 4.79 Å². The Bertz CT molecular complexity index is 404. The normalized spacial score (nSPS) is 13.7. The molecule has 1 aliphatic rings. The van der Waals surface area contributed by atoms with Crippen LogP contribution in [0.15, 0.2) is 18.2 Å². The van der Waals surface area contributed by atoms with Crippen LogP contribution in [0.4, 0.5) is 5.69 Å². The van der Waals surface area contributed by atoms with Crippen LogP contribution in [0.3, 0.4) is 0 Å². The summed E-state index contributed by atoms with van der Waals surface area (Å²) < 4.78 is 0. The number of hydrogen-bond acceptors (Lipinski definition) is 3. The van der Waals surface area contributed by atoms with Gasteiger partial charge in [-0.3, -0.25) is 4.79 Å². The van der Waals surface area contributed by atoms with E-state index in [4.69, 9.17) is 0 Å². The van der Waals surface area contributed by atoms with E-state index in [2.05, 4.69) is 34.1 Å². The zero-order chi connectivity index (χ0) is 12.1. The van der Waals surface area contributed by atoms with E-state index in [0.717, 1.165) is 19.5 Å². The van der Waals surface area contributed by atoms with Gasteiger partial charge in [0, 0.05) is 25.8 Å². The van der Waals surface area contributed by atoms with Crippen molar-refractivity contribution >= 4 is 11.6 Å². The third-order valence-corrected chi connectivity index (χ3v) is 3.04. The fraction of sp³-hybridized carbons (Fsp3) is 0.462. The van der Waals surface area contributed by atoms with Crippen molar-refractivity contribution in [2.24, 2.45) is 0 Å². The third kappa shape index (κ3) is 2.97. The van der Waals surface area contributed by atoms with Gasteiger partial charge in [0.15, 0.2) is 0 Å². The highest BCUT2D eigenvalue weighted by Gasteiger charge is 2.11. The number of para-hydroxylation sites is 1. The molecule has 0 spiro atoms. The summed E-state index contributed by atoms with van der Waals surface area (Å²) in [4.78, 5) is 11.1. The van der Waals surface area contributed by atoms with Crippen LogP contribution in [-0.2, 0) is 17.8 Å². The lowest BCUT2D eigenvalue weighted by molar-refractivity contribution is -0.119. The maximum Gasteiger partial charge on any atom is 0.233 e. The number of rotatable bonds is 4. The SMILES string of the molecule is CNC(=O)CNCc1cccc2c1NCCC2. The number of amides is 1. The first-order chi connectivity index (χ1) is 8.31. The number of hydrogen-bond donors (Lipinski definition) is 3. The summed E-state index contributed by atoms with van der Waals surface area (Å²) >= 11 is 0. The lowest BCUT2D eigenvalue weighted by atomic mass is 9.99. The Labute approximate surface area is 102 Å². The molecular weight excluding hydrogens is 214 g/mol. The second-order valence-electron chi connectivity index (χ2n) is 4.26. The highest BCUT2D eigenvalue weighted by atomic mass is 16.1. The molecule has 0 saturated heterocycles. The fourth-order valence-electron chi connectivity index (χ4n) is 2.13. The molecule has 0 fully saturated rings. The first-order valence-electron chi connectivity index (χ1n) is 6.07.